The third-order valence-electron chi connectivity index (χ3n) is 4.53. The predicted octanol–water partition coefficient (Wildman–Crippen LogP) is 2.80. The fourth-order valence-electron chi connectivity index (χ4n) is 3.15. The summed E-state index contributed by atoms with van der Waals surface area (Å²) >= 11 is 0. The van der Waals surface area contributed by atoms with Crippen LogP contribution >= 0.6 is 0 Å². The molecule has 0 spiro atoms. The molecular formula is C21H25N3O2. The van der Waals surface area contributed by atoms with E-state index in [0.29, 0.717) is 19.4 Å². The van der Waals surface area contributed by atoms with Crippen LogP contribution in [0.25, 0.3) is 10.9 Å². The lowest BCUT2D eigenvalue weighted by molar-refractivity contribution is -0.121. The first-order valence-electron chi connectivity index (χ1n) is 8.86. The first-order valence-corrected chi connectivity index (χ1v) is 8.86. The first kappa shape index (κ1) is 18.0. The van der Waals surface area contributed by atoms with Crippen molar-refractivity contribution >= 4 is 16.8 Å². The summed E-state index contributed by atoms with van der Waals surface area (Å²) in [5.74, 6) is 0.821. The van der Waals surface area contributed by atoms with Crippen LogP contribution in [0.5, 0.6) is 5.75 Å². The molecule has 1 unspecified atom stereocenters. The number of hydrogen-bond acceptors (Lipinski definition) is 3. The van der Waals surface area contributed by atoms with E-state index in [1.807, 2.05) is 48.7 Å². The van der Waals surface area contributed by atoms with Gasteiger partial charge in [-0.05, 0) is 36.1 Å². The van der Waals surface area contributed by atoms with E-state index in [1.54, 1.807) is 7.11 Å². The Hall–Kier alpha value is -2.79. The van der Waals surface area contributed by atoms with Crippen molar-refractivity contribution in [2.45, 2.75) is 25.3 Å². The van der Waals surface area contributed by atoms with Gasteiger partial charge < -0.3 is 20.8 Å². The average Bonchev–Trinajstić information content (AvgIpc) is 3.08. The standard InChI is InChI=1S/C21H25N3O2/c1-26-20-9-5-2-6-15(20)10-11-21(25)24-14-17(22)12-16-13-23-19-8-4-3-7-18(16)19/h2-9,13,17,23H,10-12,14,22H2,1H3,(H,24,25). The molecule has 4 N–H and O–H groups in total. The number of rotatable bonds is 8. The van der Waals surface area contributed by atoms with Crippen molar-refractivity contribution in [3.63, 3.8) is 0 Å². The summed E-state index contributed by atoms with van der Waals surface area (Å²) in [6.45, 7) is 0.463. The number of carbonyl (C=O) groups excluding carboxylic acids is 1. The van der Waals surface area contributed by atoms with Crippen molar-refractivity contribution in [1.82, 2.24) is 10.3 Å². The molecule has 0 aliphatic rings. The number of hydrogen-bond donors (Lipinski definition) is 3. The molecule has 5 nitrogen and oxygen atoms in total. The molecule has 1 heterocycles. The van der Waals surface area contributed by atoms with Crippen LogP contribution in [-0.4, -0.2) is 30.6 Å². The van der Waals surface area contributed by atoms with Crippen molar-refractivity contribution in [2.24, 2.45) is 5.73 Å². The number of para-hydroxylation sites is 2. The van der Waals surface area contributed by atoms with Gasteiger partial charge in [-0.25, -0.2) is 0 Å². The lowest BCUT2D eigenvalue weighted by atomic mass is 10.1. The quantitative estimate of drug-likeness (QED) is 0.584. The summed E-state index contributed by atoms with van der Waals surface area (Å²) in [4.78, 5) is 15.4. The summed E-state index contributed by atoms with van der Waals surface area (Å²) in [5.41, 5.74) is 9.53. The number of benzene rings is 2. The molecule has 1 amide bonds. The van der Waals surface area contributed by atoms with E-state index in [1.165, 1.54) is 10.9 Å². The molecule has 1 atom stereocenters. The Morgan fingerprint density at radius 2 is 1.92 bits per heavy atom. The van der Waals surface area contributed by atoms with Gasteiger partial charge in [-0.15, -0.1) is 0 Å². The number of nitrogens with one attached hydrogen (secondary N) is 2. The highest BCUT2D eigenvalue weighted by atomic mass is 16.5. The van der Waals surface area contributed by atoms with E-state index >= 15 is 0 Å². The van der Waals surface area contributed by atoms with E-state index in [0.717, 1.165) is 23.3 Å². The summed E-state index contributed by atoms with van der Waals surface area (Å²) in [7, 11) is 1.64. The molecule has 136 valence electrons. The maximum absolute atomic E-state index is 12.1. The molecule has 0 saturated carbocycles. The number of carbonyl (C=O) groups is 1. The minimum Gasteiger partial charge on any atom is -0.496 e. The highest BCUT2D eigenvalue weighted by Crippen LogP contribution is 2.19. The van der Waals surface area contributed by atoms with Gasteiger partial charge in [-0.1, -0.05) is 36.4 Å². The van der Waals surface area contributed by atoms with Gasteiger partial charge in [0.1, 0.15) is 5.75 Å². The van der Waals surface area contributed by atoms with Crippen molar-refractivity contribution in [3.8, 4) is 5.75 Å². The molecule has 0 aliphatic carbocycles. The van der Waals surface area contributed by atoms with Crippen molar-refractivity contribution in [3.05, 3.63) is 65.9 Å². The lowest BCUT2D eigenvalue weighted by Gasteiger charge is -2.13. The van der Waals surface area contributed by atoms with E-state index in [2.05, 4.69) is 16.4 Å². The summed E-state index contributed by atoms with van der Waals surface area (Å²) in [5, 5.41) is 4.12. The zero-order valence-electron chi connectivity index (χ0n) is 15.0. The second-order valence-corrected chi connectivity index (χ2v) is 6.44. The molecule has 0 aliphatic heterocycles. The van der Waals surface area contributed by atoms with E-state index in [-0.39, 0.29) is 11.9 Å². The van der Waals surface area contributed by atoms with Crippen LogP contribution in [0.4, 0.5) is 0 Å². The van der Waals surface area contributed by atoms with Gasteiger partial charge in [0.05, 0.1) is 7.11 Å². The van der Waals surface area contributed by atoms with Crippen LogP contribution in [0.15, 0.2) is 54.7 Å². The first-order chi connectivity index (χ1) is 12.7. The molecule has 0 fully saturated rings. The van der Waals surface area contributed by atoms with Gasteiger partial charge >= 0.3 is 0 Å². The normalized spacial score (nSPS) is 12.1. The number of aryl methyl sites for hydroxylation is 1. The number of amides is 1. The average molecular weight is 351 g/mol. The fourth-order valence-corrected chi connectivity index (χ4v) is 3.15. The molecule has 0 radical (unpaired) electrons. The predicted molar refractivity (Wildman–Crippen MR) is 104 cm³/mol. The van der Waals surface area contributed by atoms with E-state index < -0.39 is 0 Å². The van der Waals surface area contributed by atoms with Gasteiger partial charge in [0.15, 0.2) is 0 Å². The maximum Gasteiger partial charge on any atom is 0.220 e. The Morgan fingerprint density at radius 1 is 1.15 bits per heavy atom. The second kappa shape index (κ2) is 8.54. The third kappa shape index (κ3) is 4.43. The van der Waals surface area contributed by atoms with Crippen LogP contribution in [0.3, 0.4) is 0 Å². The summed E-state index contributed by atoms with van der Waals surface area (Å²) in [6.07, 6.45) is 3.78. The van der Waals surface area contributed by atoms with Gasteiger partial charge in [0.25, 0.3) is 0 Å². The number of ether oxygens (including phenoxy) is 1. The van der Waals surface area contributed by atoms with Gasteiger partial charge in [0.2, 0.25) is 5.91 Å². The third-order valence-corrected chi connectivity index (χ3v) is 4.53. The molecule has 5 heteroatoms. The number of fused-ring (bicyclic) bond motifs is 1. The van der Waals surface area contributed by atoms with Gasteiger partial charge in [0, 0.05) is 36.1 Å². The van der Waals surface area contributed by atoms with Crippen molar-refractivity contribution in [1.29, 1.82) is 0 Å². The molecule has 3 rings (SSSR count). The smallest absolute Gasteiger partial charge is 0.220 e. The zero-order chi connectivity index (χ0) is 18.4. The van der Waals surface area contributed by atoms with Crippen LogP contribution in [0.2, 0.25) is 0 Å². The monoisotopic (exact) mass is 351 g/mol. The minimum atomic E-state index is -0.121. The topological polar surface area (TPSA) is 80.1 Å². The van der Waals surface area contributed by atoms with Gasteiger partial charge in [-0.3, -0.25) is 4.79 Å². The minimum absolute atomic E-state index is 0.00489. The lowest BCUT2D eigenvalue weighted by Crippen LogP contribution is -2.38. The molecule has 0 bridgehead atoms. The number of aromatic amines is 1. The van der Waals surface area contributed by atoms with Crippen LogP contribution in [-0.2, 0) is 17.6 Å². The zero-order valence-corrected chi connectivity index (χ0v) is 15.0. The molecule has 0 saturated heterocycles. The summed E-state index contributed by atoms with van der Waals surface area (Å²) < 4.78 is 5.32. The Morgan fingerprint density at radius 3 is 2.77 bits per heavy atom. The van der Waals surface area contributed by atoms with Crippen molar-refractivity contribution in [2.75, 3.05) is 13.7 Å². The molecule has 3 aromatic rings. The summed E-state index contributed by atoms with van der Waals surface area (Å²) in [6, 6.07) is 15.8. The SMILES string of the molecule is COc1ccccc1CCC(=O)NCC(N)Cc1c[nH]c2ccccc12. The van der Waals surface area contributed by atoms with Crippen LogP contribution in [0.1, 0.15) is 17.5 Å². The van der Waals surface area contributed by atoms with Crippen LogP contribution < -0.4 is 15.8 Å². The Kier molecular flexibility index (Phi) is 5.92. The van der Waals surface area contributed by atoms with E-state index in [4.69, 9.17) is 10.5 Å². The van der Waals surface area contributed by atoms with Gasteiger partial charge in [-0.2, -0.15) is 0 Å². The highest BCUT2D eigenvalue weighted by molar-refractivity contribution is 5.83. The van der Waals surface area contributed by atoms with E-state index in [9.17, 15) is 4.79 Å². The molecule has 1 aromatic heterocycles. The number of nitrogens with two attached hydrogens (primary N) is 1. The molecule has 26 heavy (non-hydrogen) atoms. The molecule has 2 aromatic carbocycles. The Bertz CT molecular complexity index is 872. The number of aromatic nitrogens is 1. The molecular weight excluding hydrogens is 326 g/mol. The largest absolute Gasteiger partial charge is 0.496 e. The Labute approximate surface area is 153 Å². The maximum atomic E-state index is 12.1. The van der Waals surface area contributed by atoms with Crippen LogP contribution in [0, 0.1) is 0 Å². The fraction of sp³-hybridized carbons (Fsp3) is 0.286. The highest BCUT2D eigenvalue weighted by Gasteiger charge is 2.11. The number of H-pyrrole nitrogens is 1. The Balaban J connectivity index is 1.46. The van der Waals surface area contributed by atoms with Crippen molar-refractivity contribution < 1.29 is 9.53 Å². The number of methoxy groups -OCH3 is 1. The second-order valence-electron chi connectivity index (χ2n) is 6.44.